The molecule has 2 heterocycles. The van der Waals surface area contributed by atoms with Crippen LogP contribution in [0.15, 0.2) is 30.5 Å². The van der Waals surface area contributed by atoms with Gasteiger partial charge in [-0.2, -0.15) is 10.4 Å². The normalized spacial score (nSPS) is 10.3. The number of anilines is 1. The van der Waals surface area contributed by atoms with Crippen molar-refractivity contribution >= 4 is 5.82 Å². The van der Waals surface area contributed by atoms with Crippen LogP contribution in [-0.4, -0.2) is 36.1 Å². The molecule has 0 amide bonds. The van der Waals surface area contributed by atoms with Crippen molar-refractivity contribution in [1.82, 2.24) is 14.8 Å². The fraction of sp³-hybridized carbons (Fsp3) is 0.211. The van der Waals surface area contributed by atoms with Gasteiger partial charge in [-0.25, -0.2) is 4.98 Å². The van der Waals surface area contributed by atoms with Gasteiger partial charge in [0.25, 0.3) is 0 Å². The molecule has 0 fully saturated rings. The number of nitrogens with two attached hydrogens (primary N) is 1. The van der Waals surface area contributed by atoms with Crippen molar-refractivity contribution < 1.29 is 14.2 Å². The van der Waals surface area contributed by atoms with Crippen molar-refractivity contribution in [3.8, 4) is 45.8 Å². The zero-order valence-electron chi connectivity index (χ0n) is 15.5. The molecule has 2 N–H and O–H groups in total. The summed E-state index contributed by atoms with van der Waals surface area (Å²) in [7, 11) is 6.42. The highest BCUT2D eigenvalue weighted by Crippen LogP contribution is 2.44. The summed E-state index contributed by atoms with van der Waals surface area (Å²) in [5.41, 5.74) is 8.75. The Morgan fingerprint density at radius 2 is 1.74 bits per heavy atom. The maximum atomic E-state index is 9.51. The van der Waals surface area contributed by atoms with Gasteiger partial charge in [0.15, 0.2) is 11.5 Å². The highest BCUT2D eigenvalue weighted by Gasteiger charge is 2.21. The number of pyridine rings is 1. The van der Waals surface area contributed by atoms with E-state index >= 15 is 0 Å². The molecule has 0 radical (unpaired) electrons. The first kappa shape index (κ1) is 18.1. The summed E-state index contributed by atoms with van der Waals surface area (Å²) in [4.78, 5) is 4.39. The average molecular weight is 365 g/mol. The predicted octanol–water partition coefficient (Wildman–Crippen LogP) is 2.63. The molecule has 8 nitrogen and oxygen atoms in total. The minimum Gasteiger partial charge on any atom is -0.493 e. The van der Waals surface area contributed by atoms with Crippen LogP contribution in [0, 0.1) is 11.3 Å². The third kappa shape index (κ3) is 3.11. The van der Waals surface area contributed by atoms with Gasteiger partial charge in [-0.15, -0.1) is 0 Å². The van der Waals surface area contributed by atoms with E-state index in [2.05, 4.69) is 16.2 Å². The summed E-state index contributed by atoms with van der Waals surface area (Å²) >= 11 is 0. The van der Waals surface area contributed by atoms with Gasteiger partial charge in [0.05, 0.1) is 32.7 Å². The molecule has 0 aliphatic carbocycles. The Morgan fingerprint density at radius 3 is 2.30 bits per heavy atom. The number of nitrogen functional groups attached to an aromatic ring is 1. The Labute approximate surface area is 156 Å². The van der Waals surface area contributed by atoms with Crippen LogP contribution in [0.2, 0.25) is 0 Å². The van der Waals surface area contributed by atoms with E-state index in [1.807, 2.05) is 6.07 Å². The Kier molecular flexibility index (Phi) is 4.86. The molecular weight excluding hydrogens is 346 g/mol. The molecule has 3 aromatic rings. The molecule has 2 aromatic heterocycles. The van der Waals surface area contributed by atoms with E-state index in [4.69, 9.17) is 19.9 Å². The van der Waals surface area contributed by atoms with Gasteiger partial charge in [-0.3, -0.25) is 4.68 Å². The first-order valence-electron chi connectivity index (χ1n) is 8.04. The van der Waals surface area contributed by atoms with Crippen LogP contribution in [-0.2, 0) is 7.05 Å². The number of hydrogen-bond acceptors (Lipinski definition) is 7. The largest absolute Gasteiger partial charge is 0.493 e. The van der Waals surface area contributed by atoms with Crippen LogP contribution in [0.1, 0.15) is 5.56 Å². The second kappa shape index (κ2) is 7.25. The fourth-order valence-electron chi connectivity index (χ4n) is 2.88. The minimum atomic E-state index is 0.118. The summed E-state index contributed by atoms with van der Waals surface area (Å²) in [6, 6.07) is 9.24. The second-order valence-electron chi connectivity index (χ2n) is 5.68. The zero-order chi connectivity index (χ0) is 19.6. The van der Waals surface area contributed by atoms with Crippen molar-refractivity contribution in [2.45, 2.75) is 0 Å². The number of benzene rings is 1. The van der Waals surface area contributed by atoms with E-state index in [0.717, 1.165) is 0 Å². The van der Waals surface area contributed by atoms with Crippen LogP contribution in [0.3, 0.4) is 0 Å². The van der Waals surface area contributed by atoms with E-state index < -0.39 is 0 Å². The summed E-state index contributed by atoms with van der Waals surface area (Å²) in [5.74, 6) is 1.55. The molecule has 1 aromatic carbocycles. The average Bonchev–Trinajstić information content (AvgIpc) is 3.12. The monoisotopic (exact) mass is 365 g/mol. The molecule has 3 rings (SSSR count). The van der Waals surface area contributed by atoms with Gasteiger partial charge in [-0.05, 0) is 24.3 Å². The molecule has 138 valence electrons. The standard InChI is InChI=1S/C19H19N5O3/c1-24-8-7-14(23-24)12-9-15(22-19(21)13(12)10-20)11-5-6-16(25-2)18(27-4)17(11)26-3/h5-9H,1-4H3,(H2,21,22). The number of ether oxygens (including phenoxy) is 3. The van der Waals surface area contributed by atoms with Gasteiger partial charge in [-0.1, -0.05) is 0 Å². The van der Waals surface area contributed by atoms with Crippen molar-refractivity contribution in [1.29, 1.82) is 5.26 Å². The van der Waals surface area contributed by atoms with Crippen LogP contribution >= 0.6 is 0 Å². The Hall–Kier alpha value is -3.73. The zero-order valence-corrected chi connectivity index (χ0v) is 15.5. The van der Waals surface area contributed by atoms with Gasteiger partial charge in [0, 0.05) is 24.4 Å². The molecule has 0 aliphatic rings. The number of hydrogen-bond donors (Lipinski definition) is 1. The lowest BCUT2D eigenvalue weighted by atomic mass is 10.0. The third-order valence-electron chi connectivity index (χ3n) is 4.13. The highest BCUT2D eigenvalue weighted by atomic mass is 16.5. The maximum absolute atomic E-state index is 9.51. The van der Waals surface area contributed by atoms with Crippen molar-refractivity contribution in [3.63, 3.8) is 0 Å². The molecule has 0 spiro atoms. The van der Waals surface area contributed by atoms with E-state index in [1.54, 1.807) is 43.2 Å². The van der Waals surface area contributed by atoms with E-state index in [0.29, 0.717) is 39.8 Å². The summed E-state index contributed by atoms with van der Waals surface area (Å²) in [6.07, 6.45) is 1.80. The van der Waals surface area contributed by atoms with Gasteiger partial charge < -0.3 is 19.9 Å². The molecule has 0 aliphatic heterocycles. The number of rotatable bonds is 5. The summed E-state index contributed by atoms with van der Waals surface area (Å²) in [5, 5.41) is 13.9. The molecule has 0 unspecified atom stereocenters. The number of aryl methyl sites for hydroxylation is 1. The van der Waals surface area contributed by atoms with E-state index in [-0.39, 0.29) is 11.4 Å². The van der Waals surface area contributed by atoms with Gasteiger partial charge in [0.2, 0.25) is 5.75 Å². The SMILES string of the molecule is COc1ccc(-c2cc(-c3ccn(C)n3)c(C#N)c(N)n2)c(OC)c1OC. The Morgan fingerprint density at radius 1 is 1.00 bits per heavy atom. The fourth-order valence-corrected chi connectivity index (χ4v) is 2.88. The molecule has 0 saturated heterocycles. The first-order valence-corrected chi connectivity index (χ1v) is 8.04. The molecular formula is C19H19N5O3. The quantitative estimate of drug-likeness (QED) is 0.740. The lowest BCUT2D eigenvalue weighted by Gasteiger charge is -2.16. The van der Waals surface area contributed by atoms with Crippen molar-refractivity contribution in [2.75, 3.05) is 27.1 Å². The lowest BCUT2D eigenvalue weighted by Crippen LogP contribution is -2.02. The van der Waals surface area contributed by atoms with Crippen LogP contribution < -0.4 is 19.9 Å². The maximum Gasteiger partial charge on any atom is 0.203 e. The number of methoxy groups -OCH3 is 3. The second-order valence-corrected chi connectivity index (χ2v) is 5.68. The molecule has 0 bridgehead atoms. The van der Waals surface area contributed by atoms with Crippen molar-refractivity contribution in [3.05, 3.63) is 36.0 Å². The van der Waals surface area contributed by atoms with E-state index in [1.165, 1.54) is 14.2 Å². The molecule has 0 atom stereocenters. The number of aromatic nitrogens is 3. The Bertz CT molecular complexity index is 1040. The molecule has 27 heavy (non-hydrogen) atoms. The summed E-state index contributed by atoms with van der Waals surface area (Å²) in [6.45, 7) is 0. The predicted molar refractivity (Wildman–Crippen MR) is 101 cm³/mol. The number of nitrogens with zero attached hydrogens (tertiary/aromatic N) is 4. The molecule has 8 heteroatoms. The summed E-state index contributed by atoms with van der Waals surface area (Å²) < 4.78 is 18.0. The van der Waals surface area contributed by atoms with Gasteiger partial charge in [0.1, 0.15) is 17.5 Å². The number of nitriles is 1. The van der Waals surface area contributed by atoms with Crippen LogP contribution in [0.4, 0.5) is 5.82 Å². The minimum absolute atomic E-state index is 0.118. The van der Waals surface area contributed by atoms with E-state index in [9.17, 15) is 5.26 Å². The first-order chi connectivity index (χ1) is 13.0. The van der Waals surface area contributed by atoms with Crippen LogP contribution in [0.5, 0.6) is 17.2 Å². The third-order valence-corrected chi connectivity index (χ3v) is 4.13. The lowest BCUT2D eigenvalue weighted by molar-refractivity contribution is 0.325. The molecule has 0 saturated carbocycles. The topological polar surface area (TPSA) is 108 Å². The van der Waals surface area contributed by atoms with Crippen molar-refractivity contribution in [2.24, 2.45) is 7.05 Å². The van der Waals surface area contributed by atoms with Crippen LogP contribution in [0.25, 0.3) is 22.5 Å². The Balaban J connectivity index is 2.28. The smallest absolute Gasteiger partial charge is 0.203 e. The van der Waals surface area contributed by atoms with Gasteiger partial charge >= 0.3 is 0 Å². The highest BCUT2D eigenvalue weighted by molar-refractivity contribution is 5.82.